The van der Waals surface area contributed by atoms with Gasteiger partial charge in [-0.3, -0.25) is 4.98 Å². The number of aliphatic hydroxyl groups is 1. The van der Waals surface area contributed by atoms with E-state index in [0.717, 1.165) is 41.0 Å². The second-order valence-electron chi connectivity index (χ2n) is 7.32. The summed E-state index contributed by atoms with van der Waals surface area (Å²) < 4.78 is 20.7. The van der Waals surface area contributed by atoms with Crippen molar-refractivity contribution in [1.82, 2.24) is 9.97 Å². The summed E-state index contributed by atoms with van der Waals surface area (Å²) in [5.41, 5.74) is 1.56. The Bertz CT molecular complexity index is 1180. The molecular weight excluding hydrogens is 389 g/mol. The van der Waals surface area contributed by atoms with Crippen LogP contribution in [-0.4, -0.2) is 27.2 Å². The lowest BCUT2D eigenvalue weighted by atomic mass is 9.93. The molecule has 1 aliphatic carbocycles. The molecule has 0 radical (unpaired) electrons. The van der Waals surface area contributed by atoms with Gasteiger partial charge in [-0.2, -0.15) is 0 Å². The SMILES string of the molecule is O[C@@H]1CCCC[C@H]1Nc1nc2ccc(Oc3ccnc4ccc(F)cc34)cc2s1. The molecule has 0 amide bonds. The number of ether oxygens (including phenoxy) is 1. The number of hydrogen-bond donors (Lipinski definition) is 2. The van der Waals surface area contributed by atoms with Crippen molar-refractivity contribution in [2.45, 2.75) is 37.8 Å². The molecule has 5 rings (SSSR count). The van der Waals surface area contributed by atoms with E-state index in [9.17, 15) is 9.50 Å². The van der Waals surface area contributed by atoms with E-state index in [1.165, 1.54) is 23.5 Å². The van der Waals surface area contributed by atoms with Gasteiger partial charge in [0.05, 0.1) is 27.9 Å². The Morgan fingerprint density at radius 1 is 1.07 bits per heavy atom. The number of halogens is 1. The van der Waals surface area contributed by atoms with Crippen LogP contribution in [0.15, 0.2) is 48.7 Å². The summed E-state index contributed by atoms with van der Waals surface area (Å²) in [6.07, 6.45) is 5.32. The van der Waals surface area contributed by atoms with E-state index < -0.39 is 0 Å². The number of aliphatic hydroxyl groups excluding tert-OH is 1. The molecule has 1 fully saturated rings. The van der Waals surface area contributed by atoms with Crippen LogP contribution in [0.1, 0.15) is 25.7 Å². The van der Waals surface area contributed by atoms with Crippen LogP contribution in [0, 0.1) is 5.82 Å². The highest BCUT2D eigenvalue weighted by Crippen LogP contribution is 2.34. The molecule has 1 aliphatic rings. The molecule has 0 spiro atoms. The maximum atomic E-state index is 13.7. The number of thiazole rings is 1. The zero-order valence-corrected chi connectivity index (χ0v) is 16.5. The van der Waals surface area contributed by atoms with Gasteiger partial charge in [0.2, 0.25) is 0 Å². The number of benzene rings is 2. The van der Waals surface area contributed by atoms with Crippen LogP contribution >= 0.6 is 11.3 Å². The van der Waals surface area contributed by atoms with Crippen molar-refractivity contribution in [3.8, 4) is 11.5 Å². The number of fused-ring (bicyclic) bond motifs is 2. The molecule has 7 heteroatoms. The third kappa shape index (κ3) is 3.75. The van der Waals surface area contributed by atoms with Crippen LogP contribution in [0.2, 0.25) is 0 Å². The number of nitrogens with one attached hydrogen (secondary N) is 1. The minimum atomic E-state index is -0.325. The van der Waals surface area contributed by atoms with Crippen molar-refractivity contribution in [1.29, 1.82) is 0 Å². The van der Waals surface area contributed by atoms with Gasteiger partial charge in [0.1, 0.15) is 17.3 Å². The summed E-state index contributed by atoms with van der Waals surface area (Å²) in [5, 5.41) is 15.0. The Hall–Kier alpha value is -2.77. The summed E-state index contributed by atoms with van der Waals surface area (Å²) in [5.74, 6) is 0.887. The highest BCUT2D eigenvalue weighted by atomic mass is 32.1. The Morgan fingerprint density at radius 3 is 2.83 bits per heavy atom. The molecule has 1 saturated carbocycles. The van der Waals surface area contributed by atoms with Gasteiger partial charge in [0, 0.05) is 17.6 Å². The average Bonchev–Trinajstić information content (AvgIpc) is 3.12. The van der Waals surface area contributed by atoms with Crippen molar-refractivity contribution < 1.29 is 14.2 Å². The Balaban J connectivity index is 1.41. The first-order chi connectivity index (χ1) is 14.2. The molecule has 0 saturated heterocycles. The zero-order valence-electron chi connectivity index (χ0n) is 15.6. The third-order valence-corrected chi connectivity index (χ3v) is 6.24. The van der Waals surface area contributed by atoms with E-state index in [2.05, 4.69) is 15.3 Å². The number of pyridine rings is 1. The number of hydrogen-bond acceptors (Lipinski definition) is 6. The third-order valence-electron chi connectivity index (χ3n) is 5.29. The quantitative estimate of drug-likeness (QED) is 0.466. The van der Waals surface area contributed by atoms with Crippen LogP contribution in [0.25, 0.3) is 21.1 Å². The monoisotopic (exact) mass is 409 g/mol. The Kier molecular flexibility index (Phi) is 4.77. The van der Waals surface area contributed by atoms with Crippen molar-refractivity contribution in [3.63, 3.8) is 0 Å². The van der Waals surface area contributed by atoms with Crippen molar-refractivity contribution in [3.05, 3.63) is 54.5 Å². The molecule has 2 atom stereocenters. The molecule has 5 nitrogen and oxygen atoms in total. The first-order valence-corrected chi connectivity index (χ1v) is 10.5. The fourth-order valence-electron chi connectivity index (χ4n) is 3.78. The van der Waals surface area contributed by atoms with E-state index in [0.29, 0.717) is 22.4 Å². The maximum absolute atomic E-state index is 13.7. The standard InChI is InChI=1S/C22H20FN3O2S/c23-13-5-7-16-15(11-13)20(9-10-24-16)28-14-6-8-18-21(12-14)29-22(26-18)25-17-3-1-2-4-19(17)27/h5-12,17,19,27H,1-4H2,(H,25,26)/t17-,19-/m1/s1. The van der Waals surface area contributed by atoms with Crippen LogP contribution < -0.4 is 10.1 Å². The summed E-state index contributed by atoms with van der Waals surface area (Å²) in [4.78, 5) is 8.89. The van der Waals surface area contributed by atoms with Gasteiger partial charge in [-0.25, -0.2) is 9.37 Å². The molecule has 0 bridgehead atoms. The molecule has 2 N–H and O–H groups in total. The van der Waals surface area contributed by atoms with Gasteiger partial charge < -0.3 is 15.2 Å². The van der Waals surface area contributed by atoms with E-state index in [4.69, 9.17) is 4.74 Å². The van der Waals surface area contributed by atoms with Crippen molar-refractivity contribution >= 4 is 37.6 Å². The fourth-order valence-corrected chi connectivity index (χ4v) is 4.73. The van der Waals surface area contributed by atoms with Crippen LogP contribution in [0.3, 0.4) is 0 Å². The fraction of sp³-hybridized carbons (Fsp3) is 0.273. The minimum absolute atomic E-state index is 0.0538. The van der Waals surface area contributed by atoms with E-state index >= 15 is 0 Å². The normalized spacial score (nSPS) is 19.5. The molecule has 0 unspecified atom stereocenters. The summed E-state index contributed by atoms with van der Waals surface area (Å²) in [6, 6.07) is 11.9. The molecule has 2 heterocycles. The molecule has 2 aromatic heterocycles. The first kappa shape index (κ1) is 18.3. The highest BCUT2D eigenvalue weighted by molar-refractivity contribution is 7.22. The van der Waals surface area contributed by atoms with Gasteiger partial charge in [0.25, 0.3) is 0 Å². The Labute approximate surface area is 171 Å². The first-order valence-electron chi connectivity index (χ1n) is 9.73. The van der Waals surface area contributed by atoms with Crippen LogP contribution in [-0.2, 0) is 0 Å². The molecule has 2 aromatic carbocycles. The summed E-state index contributed by atoms with van der Waals surface area (Å²) in [7, 11) is 0. The Morgan fingerprint density at radius 2 is 1.93 bits per heavy atom. The van der Waals surface area contributed by atoms with Gasteiger partial charge in [-0.05, 0) is 49.2 Å². The smallest absolute Gasteiger partial charge is 0.184 e. The lowest BCUT2D eigenvalue weighted by Crippen LogP contribution is -2.36. The average molecular weight is 409 g/mol. The second kappa shape index (κ2) is 7.57. The molecule has 4 aromatic rings. The molecule has 148 valence electrons. The molecule has 0 aliphatic heterocycles. The molecule has 29 heavy (non-hydrogen) atoms. The molecular formula is C22H20FN3O2S. The van der Waals surface area contributed by atoms with E-state index in [1.54, 1.807) is 18.3 Å². The summed E-state index contributed by atoms with van der Waals surface area (Å²) >= 11 is 1.54. The van der Waals surface area contributed by atoms with Gasteiger partial charge in [0.15, 0.2) is 5.13 Å². The van der Waals surface area contributed by atoms with Gasteiger partial charge >= 0.3 is 0 Å². The minimum Gasteiger partial charge on any atom is -0.457 e. The highest BCUT2D eigenvalue weighted by Gasteiger charge is 2.23. The van der Waals surface area contributed by atoms with E-state index in [-0.39, 0.29) is 18.0 Å². The van der Waals surface area contributed by atoms with Crippen molar-refractivity contribution in [2.24, 2.45) is 0 Å². The number of aromatic nitrogens is 2. The van der Waals surface area contributed by atoms with Crippen LogP contribution in [0.4, 0.5) is 9.52 Å². The number of rotatable bonds is 4. The number of anilines is 1. The second-order valence-corrected chi connectivity index (χ2v) is 8.35. The number of nitrogens with zero attached hydrogens (tertiary/aromatic N) is 2. The van der Waals surface area contributed by atoms with Gasteiger partial charge in [-0.1, -0.05) is 24.2 Å². The zero-order chi connectivity index (χ0) is 19.8. The lowest BCUT2D eigenvalue weighted by molar-refractivity contribution is 0.116. The van der Waals surface area contributed by atoms with Crippen molar-refractivity contribution in [2.75, 3.05) is 5.32 Å². The largest absolute Gasteiger partial charge is 0.457 e. The van der Waals surface area contributed by atoms with Gasteiger partial charge in [-0.15, -0.1) is 0 Å². The predicted octanol–water partition coefficient (Wildman–Crippen LogP) is 5.49. The topological polar surface area (TPSA) is 67.3 Å². The maximum Gasteiger partial charge on any atom is 0.184 e. The van der Waals surface area contributed by atoms with Crippen LogP contribution in [0.5, 0.6) is 11.5 Å². The summed E-state index contributed by atoms with van der Waals surface area (Å²) in [6.45, 7) is 0. The predicted molar refractivity (Wildman–Crippen MR) is 113 cm³/mol. The van der Waals surface area contributed by atoms with E-state index in [1.807, 2.05) is 18.2 Å². The lowest BCUT2D eigenvalue weighted by Gasteiger charge is -2.27.